The second-order valence-corrected chi connectivity index (χ2v) is 9.93. The Morgan fingerprint density at radius 1 is 0.905 bits per heavy atom. The van der Waals surface area contributed by atoms with E-state index >= 15 is 0 Å². The molecule has 42 heavy (non-hydrogen) atoms. The summed E-state index contributed by atoms with van der Waals surface area (Å²) in [5.74, 6) is -4.49. The summed E-state index contributed by atoms with van der Waals surface area (Å²) < 4.78 is 0. The summed E-state index contributed by atoms with van der Waals surface area (Å²) in [7, 11) is 0. The van der Waals surface area contributed by atoms with Gasteiger partial charge in [0.2, 0.25) is 23.6 Å². The zero-order valence-corrected chi connectivity index (χ0v) is 23.0. The molecule has 15 nitrogen and oxygen atoms in total. The number of nitrogens with two attached hydrogens (primary N) is 3. The fourth-order valence-corrected chi connectivity index (χ4v) is 4.44. The molecule has 4 amide bonds. The Bertz CT molecular complexity index is 1370. The van der Waals surface area contributed by atoms with Crippen molar-refractivity contribution >= 4 is 40.5 Å². The van der Waals surface area contributed by atoms with Crippen molar-refractivity contribution in [1.82, 2.24) is 30.9 Å². The Morgan fingerprint density at radius 3 is 2.26 bits per heavy atom. The van der Waals surface area contributed by atoms with Crippen molar-refractivity contribution in [2.24, 2.45) is 17.2 Å². The Balaban J connectivity index is 1.74. The van der Waals surface area contributed by atoms with Crippen LogP contribution in [0.25, 0.3) is 10.9 Å². The van der Waals surface area contributed by atoms with Gasteiger partial charge in [0, 0.05) is 35.4 Å². The number of amides is 4. The van der Waals surface area contributed by atoms with Crippen LogP contribution in [0.5, 0.6) is 0 Å². The number of carbonyl (C=O) groups excluding carboxylic acids is 4. The largest absolute Gasteiger partial charge is 0.480 e. The topological polar surface area (TPSA) is 264 Å². The number of H-pyrrole nitrogens is 2. The Hall–Kier alpha value is -4.76. The van der Waals surface area contributed by atoms with Crippen LogP contribution in [0.15, 0.2) is 43.0 Å². The van der Waals surface area contributed by atoms with Gasteiger partial charge in [-0.15, -0.1) is 0 Å². The number of nitrogens with zero attached hydrogens (tertiary/aromatic N) is 1. The van der Waals surface area contributed by atoms with E-state index in [2.05, 4.69) is 30.9 Å². The number of carboxylic acid groups (broad SMARTS) is 1. The molecule has 2 heterocycles. The van der Waals surface area contributed by atoms with E-state index in [-0.39, 0.29) is 19.3 Å². The quantitative estimate of drug-likeness (QED) is 0.0840. The molecule has 0 aliphatic heterocycles. The van der Waals surface area contributed by atoms with E-state index in [4.69, 9.17) is 17.2 Å². The van der Waals surface area contributed by atoms with Gasteiger partial charge in [-0.05, 0) is 43.9 Å². The lowest BCUT2D eigenvalue weighted by Crippen LogP contribution is -2.58. The van der Waals surface area contributed by atoms with Crippen LogP contribution in [0.3, 0.4) is 0 Å². The first-order valence-corrected chi connectivity index (χ1v) is 13.5. The average Bonchev–Trinajstić information content (AvgIpc) is 3.61. The molecule has 0 saturated carbocycles. The number of primary amides is 1. The third-order valence-electron chi connectivity index (χ3n) is 6.66. The van der Waals surface area contributed by atoms with E-state index in [0.29, 0.717) is 25.1 Å². The smallest absolute Gasteiger partial charge is 0.326 e. The molecule has 3 aromatic rings. The molecule has 0 fully saturated rings. The maximum absolute atomic E-state index is 13.5. The van der Waals surface area contributed by atoms with Crippen molar-refractivity contribution in [2.75, 3.05) is 6.54 Å². The molecule has 0 aliphatic rings. The van der Waals surface area contributed by atoms with Crippen LogP contribution in [0.1, 0.15) is 36.9 Å². The van der Waals surface area contributed by atoms with E-state index < -0.39 is 60.2 Å². The highest BCUT2D eigenvalue weighted by Gasteiger charge is 2.31. The molecule has 15 heteroatoms. The van der Waals surface area contributed by atoms with E-state index in [1.165, 1.54) is 12.5 Å². The Kier molecular flexibility index (Phi) is 11.6. The number of aromatic nitrogens is 3. The summed E-state index contributed by atoms with van der Waals surface area (Å²) in [4.78, 5) is 72.4. The van der Waals surface area contributed by atoms with E-state index in [9.17, 15) is 29.1 Å². The van der Waals surface area contributed by atoms with E-state index in [0.717, 1.165) is 16.5 Å². The van der Waals surface area contributed by atoms with Gasteiger partial charge in [0.15, 0.2) is 0 Å². The molecule has 3 rings (SSSR count). The van der Waals surface area contributed by atoms with Gasteiger partial charge in [-0.1, -0.05) is 18.2 Å². The molecule has 1 aromatic carbocycles. The van der Waals surface area contributed by atoms with Crippen LogP contribution in [0, 0.1) is 0 Å². The number of nitrogens with one attached hydrogen (secondary N) is 5. The molecular formula is C27H37N9O6. The van der Waals surface area contributed by atoms with Crippen LogP contribution < -0.4 is 33.2 Å². The predicted molar refractivity (Wildman–Crippen MR) is 152 cm³/mol. The molecule has 12 N–H and O–H groups in total. The second-order valence-electron chi connectivity index (χ2n) is 9.93. The first kappa shape index (κ1) is 31.8. The number of benzene rings is 1. The number of carboxylic acids is 1. The van der Waals surface area contributed by atoms with Crippen LogP contribution in [0.2, 0.25) is 0 Å². The van der Waals surface area contributed by atoms with Crippen LogP contribution in [-0.2, 0) is 36.8 Å². The minimum atomic E-state index is -1.58. The number of aromatic amines is 2. The van der Waals surface area contributed by atoms with Crippen molar-refractivity contribution in [2.45, 2.75) is 62.7 Å². The Morgan fingerprint density at radius 2 is 1.60 bits per heavy atom. The van der Waals surface area contributed by atoms with Gasteiger partial charge < -0.3 is 48.2 Å². The Labute approximate surface area is 241 Å². The molecule has 4 unspecified atom stereocenters. The SMILES string of the molecule is NCCCCC(NC(=O)C(Cc1cnc[nH]1)NC(=O)C(N)Cc1c[nH]c2ccccc12)C(=O)NC(CC(N)=O)C(=O)O. The minimum absolute atomic E-state index is 0.00788. The first-order valence-electron chi connectivity index (χ1n) is 13.5. The predicted octanol–water partition coefficient (Wildman–Crippen LogP) is -1.45. The third kappa shape index (κ3) is 9.14. The maximum atomic E-state index is 13.5. The third-order valence-corrected chi connectivity index (χ3v) is 6.66. The summed E-state index contributed by atoms with van der Waals surface area (Å²) >= 11 is 0. The molecule has 0 aliphatic carbocycles. The van der Waals surface area contributed by atoms with E-state index in [1.54, 1.807) is 6.20 Å². The lowest BCUT2D eigenvalue weighted by molar-refractivity contribution is -0.143. The van der Waals surface area contributed by atoms with Crippen molar-refractivity contribution < 1.29 is 29.1 Å². The van der Waals surface area contributed by atoms with Gasteiger partial charge >= 0.3 is 5.97 Å². The highest BCUT2D eigenvalue weighted by atomic mass is 16.4. The standard InChI is InChI=1S/C27H37N9O6/c28-8-4-3-7-20(25(39)36-22(27(41)42)11-23(30)37)34-26(40)21(10-16-13-31-14-33-16)35-24(38)18(29)9-15-12-32-19-6-2-1-5-17(15)19/h1-2,5-6,12-14,18,20-22,32H,3-4,7-11,28-29H2,(H2,30,37)(H,31,33)(H,34,40)(H,35,38)(H,36,39)(H,41,42). The normalized spacial score (nSPS) is 14.0. The van der Waals surface area contributed by atoms with Gasteiger partial charge in [0.25, 0.3) is 0 Å². The number of hydrogen-bond acceptors (Lipinski definition) is 8. The number of imidazole rings is 1. The number of aliphatic carboxylic acids is 1. The molecule has 0 bridgehead atoms. The van der Waals surface area contributed by atoms with Gasteiger partial charge in [-0.3, -0.25) is 19.2 Å². The lowest BCUT2D eigenvalue weighted by Gasteiger charge is -2.25. The number of para-hydroxylation sites is 1. The summed E-state index contributed by atoms with van der Waals surface area (Å²) in [6, 6.07) is 2.68. The highest BCUT2D eigenvalue weighted by molar-refractivity contribution is 5.95. The van der Waals surface area contributed by atoms with Gasteiger partial charge in [0.1, 0.15) is 18.1 Å². The molecule has 226 valence electrons. The molecular weight excluding hydrogens is 546 g/mol. The summed E-state index contributed by atoms with van der Waals surface area (Å²) in [6.45, 7) is 0.342. The number of rotatable bonds is 17. The van der Waals surface area contributed by atoms with Crippen molar-refractivity contribution in [3.8, 4) is 0 Å². The van der Waals surface area contributed by atoms with Crippen molar-refractivity contribution in [3.63, 3.8) is 0 Å². The van der Waals surface area contributed by atoms with Gasteiger partial charge in [-0.25, -0.2) is 9.78 Å². The zero-order chi connectivity index (χ0) is 30.6. The van der Waals surface area contributed by atoms with Gasteiger partial charge in [-0.2, -0.15) is 0 Å². The van der Waals surface area contributed by atoms with Crippen LogP contribution >= 0.6 is 0 Å². The summed E-state index contributed by atoms with van der Waals surface area (Å²) in [6.07, 6.45) is 5.38. The first-order chi connectivity index (χ1) is 20.1. The zero-order valence-electron chi connectivity index (χ0n) is 23.0. The fraction of sp³-hybridized carbons (Fsp3) is 0.407. The number of unbranched alkanes of at least 4 members (excludes halogenated alkanes) is 1. The number of carbonyl (C=O) groups is 5. The molecule has 0 radical (unpaired) electrons. The minimum Gasteiger partial charge on any atom is -0.480 e. The molecule has 2 aromatic heterocycles. The fourth-order valence-electron chi connectivity index (χ4n) is 4.44. The highest BCUT2D eigenvalue weighted by Crippen LogP contribution is 2.19. The van der Waals surface area contributed by atoms with Gasteiger partial charge in [0.05, 0.1) is 18.8 Å². The molecule has 0 saturated heterocycles. The lowest BCUT2D eigenvalue weighted by atomic mass is 10.0. The monoisotopic (exact) mass is 583 g/mol. The summed E-state index contributed by atoms with van der Waals surface area (Å²) in [5, 5.41) is 17.8. The van der Waals surface area contributed by atoms with Crippen molar-refractivity contribution in [3.05, 3.63) is 54.2 Å². The maximum Gasteiger partial charge on any atom is 0.326 e. The van der Waals surface area contributed by atoms with Crippen LogP contribution in [-0.4, -0.2) is 80.4 Å². The molecule has 0 spiro atoms. The number of hydrogen-bond donors (Lipinski definition) is 9. The second kappa shape index (κ2) is 15.3. The average molecular weight is 584 g/mol. The van der Waals surface area contributed by atoms with Crippen LogP contribution in [0.4, 0.5) is 0 Å². The number of fused-ring (bicyclic) bond motifs is 1. The van der Waals surface area contributed by atoms with Crippen molar-refractivity contribution in [1.29, 1.82) is 0 Å². The van der Waals surface area contributed by atoms with E-state index in [1.807, 2.05) is 24.3 Å². The summed E-state index contributed by atoms with van der Waals surface area (Å²) in [5.41, 5.74) is 19.2. The molecule has 4 atom stereocenters.